The van der Waals surface area contributed by atoms with Crippen molar-refractivity contribution >= 4 is 12.1 Å². The molecule has 0 aromatic carbocycles. The molecular formula is C33H57N5O4. The van der Waals surface area contributed by atoms with Gasteiger partial charge in [-0.05, 0) is 49.9 Å². The first-order chi connectivity index (χ1) is 20.4. The van der Waals surface area contributed by atoms with Crippen molar-refractivity contribution in [2.75, 3.05) is 73.2 Å². The molecule has 9 nitrogen and oxygen atoms in total. The van der Waals surface area contributed by atoms with E-state index in [9.17, 15) is 9.59 Å². The van der Waals surface area contributed by atoms with Crippen LogP contribution in [0.15, 0.2) is 41.3 Å². The largest absolute Gasteiger partial charge is 0.385 e. The molecular weight excluding hydrogens is 530 g/mol. The summed E-state index contributed by atoms with van der Waals surface area (Å²) in [6, 6.07) is 0. The molecule has 1 aliphatic carbocycles. The van der Waals surface area contributed by atoms with Crippen LogP contribution in [0.25, 0.3) is 0 Å². The number of piperazine rings is 1. The fraction of sp³-hybridized carbons (Fsp3) is 0.667. The second-order valence-corrected chi connectivity index (χ2v) is 10.4. The quantitative estimate of drug-likeness (QED) is 0.297. The van der Waals surface area contributed by atoms with Crippen LogP contribution in [0.1, 0.15) is 76.4 Å². The van der Waals surface area contributed by atoms with Crippen molar-refractivity contribution in [3.8, 4) is 0 Å². The average Bonchev–Trinajstić information content (AvgIpc) is 3.42. The predicted octanol–water partition coefficient (Wildman–Crippen LogP) is 4.83. The number of likely N-dealkylation sites (N-methyl/N-ethyl adjacent to an activating group) is 1. The van der Waals surface area contributed by atoms with Crippen LogP contribution >= 0.6 is 0 Å². The number of hydrogen-bond acceptors (Lipinski definition) is 8. The smallest absolute Gasteiger partial charge is 0.185 e. The molecule has 1 fully saturated rings. The number of carbonyl (C=O) groups excluding carboxylic acids is 2. The summed E-state index contributed by atoms with van der Waals surface area (Å²) in [5.74, 6) is 0.163. The van der Waals surface area contributed by atoms with Crippen molar-refractivity contribution in [1.29, 1.82) is 0 Å². The normalized spacial score (nSPS) is 18.6. The van der Waals surface area contributed by atoms with E-state index in [2.05, 4.69) is 39.2 Å². The molecule has 3 aliphatic rings. The third-order valence-electron chi connectivity index (χ3n) is 7.22. The molecule has 1 atom stereocenters. The number of ketones is 1. The van der Waals surface area contributed by atoms with Crippen molar-refractivity contribution in [3.05, 3.63) is 52.5 Å². The molecule has 0 saturated carbocycles. The van der Waals surface area contributed by atoms with E-state index < -0.39 is 0 Å². The highest BCUT2D eigenvalue weighted by atomic mass is 16.5. The van der Waals surface area contributed by atoms with Crippen molar-refractivity contribution in [2.24, 2.45) is 5.92 Å². The minimum atomic E-state index is 0.0224. The third kappa shape index (κ3) is 14.1. The number of methoxy groups -OCH3 is 2. The zero-order chi connectivity index (χ0) is 31.2. The fourth-order valence-electron chi connectivity index (χ4n) is 4.79. The maximum absolute atomic E-state index is 12.0. The SMILES string of the molecule is CC.CC1C=C(C=O)C=C2Cc3[nH]ncc3C(=O)CNC2=C1.CCCCOC.CCN1CCN(CCCCOC)CC1. The second-order valence-electron chi connectivity index (χ2n) is 10.4. The van der Waals surface area contributed by atoms with Crippen LogP contribution < -0.4 is 5.32 Å². The van der Waals surface area contributed by atoms with E-state index in [0.717, 1.165) is 36.5 Å². The Kier molecular flexibility index (Phi) is 20.4. The topological polar surface area (TPSA) is 99.8 Å². The third-order valence-corrected chi connectivity index (χ3v) is 7.22. The van der Waals surface area contributed by atoms with Gasteiger partial charge in [-0.2, -0.15) is 5.10 Å². The molecule has 1 aromatic heterocycles. The number of aromatic nitrogens is 2. The number of unbranched alkanes of at least 4 members (excludes halogenated alkanes) is 2. The first kappa shape index (κ1) is 37.4. The minimum Gasteiger partial charge on any atom is -0.385 e. The zero-order valence-corrected chi connectivity index (χ0v) is 27.3. The number of allylic oxidation sites excluding steroid dienone is 5. The van der Waals surface area contributed by atoms with Crippen molar-refractivity contribution in [1.82, 2.24) is 25.3 Å². The van der Waals surface area contributed by atoms with Gasteiger partial charge < -0.3 is 24.6 Å². The predicted molar refractivity (Wildman–Crippen MR) is 172 cm³/mol. The van der Waals surface area contributed by atoms with Gasteiger partial charge >= 0.3 is 0 Å². The molecule has 0 bridgehead atoms. The molecule has 2 N–H and O–H groups in total. The number of aldehydes is 1. The Bertz CT molecular complexity index is 973. The van der Waals surface area contributed by atoms with E-state index >= 15 is 0 Å². The molecule has 1 aromatic rings. The summed E-state index contributed by atoms with van der Waals surface area (Å²) in [5, 5.41) is 10.00. The summed E-state index contributed by atoms with van der Waals surface area (Å²) in [5.41, 5.74) is 3.98. The number of Topliss-reactive ketones (excluding diaryl/α,β-unsaturated/α-hetero) is 1. The van der Waals surface area contributed by atoms with Crippen molar-refractivity contribution in [2.45, 2.75) is 66.7 Å². The van der Waals surface area contributed by atoms with Gasteiger partial charge in [0.1, 0.15) is 6.29 Å². The summed E-state index contributed by atoms with van der Waals surface area (Å²) in [6.45, 7) is 19.9. The van der Waals surface area contributed by atoms with Gasteiger partial charge in [-0.25, -0.2) is 0 Å². The Labute approximate surface area is 254 Å². The summed E-state index contributed by atoms with van der Waals surface area (Å²) < 4.78 is 9.82. The van der Waals surface area contributed by atoms with E-state index in [-0.39, 0.29) is 18.2 Å². The van der Waals surface area contributed by atoms with E-state index in [1.165, 1.54) is 65.0 Å². The molecule has 9 heteroatoms. The summed E-state index contributed by atoms with van der Waals surface area (Å²) >= 11 is 0. The highest BCUT2D eigenvalue weighted by Gasteiger charge is 2.22. The molecule has 0 spiro atoms. The number of hydrogen-bond donors (Lipinski definition) is 2. The number of nitrogens with zero attached hydrogens (tertiary/aromatic N) is 3. The lowest BCUT2D eigenvalue weighted by molar-refractivity contribution is -0.104. The van der Waals surface area contributed by atoms with E-state index in [1.807, 2.05) is 39.0 Å². The van der Waals surface area contributed by atoms with Gasteiger partial charge in [-0.1, -0.05) is 53.2 Å². The average molecular weight is 588 g/mol. The zero-order valence-electron chi connectivity index (χ0n) is 27.3. The van der Waals surface area contributed by atoms with Crippen LogP contribution in [0.4, 0.5) is 0 Å². The Morgan fingerprint density at radius 3 is 2.26 bits per heavy atom. The fourth-order valence-corrected chi connectivity index (χ4v) is 4.79. The summed E-state index contributed by atoms with van der Waals surface area (Å²) in [4.78, 5) is 28.2. The lowest BCUT2D eigenvalue weighted by Gasteiger charge is -2.33. The van der Waals surface area contributed by atoms with Gasteiger partial charge in [0.05, 0.1) is 24.0 Å². The van der Waals surface area contributed by atoms with Gasteiger partial charge in [0, 0.05) is 71.3 Å². The summed E-state index contributed by atoms with van der Waals surface area (Å²) in [7, 11) is 3.51. The van der Waals surface area contributed by atoms with Gasteiger partial charge in [0.15, 0.2) is 5.78 Å². The minimum absolute atomic E-state index is 0.0224. The monoisotopic (exact) mass is 587 g/mol. The number of ether oxygens (including phenoxy) is 2. The van der Waals surface area contributed by atoms with E-state index in [1.54, 1.807) is 20.4 Å². The van der Waals surface area contributed by atoms with Crippen LogP contribution in [0.2, 0.25) is 0 Å². The Hall–Kier alpha value is -2.59. The number of rotatable bonds is 10. The van der Waals surface area contributed by atoms with Crippen LogP contribution in [0.3, 0.4) is 0 Å². The first-order valence-electron chi connectivity index (χ1n) is 15.8. The second kappa shape index (κ2) is 22.9. The van der Waals surface area contributed by atoms with Gasteiger partial charge in [-0.15, -0.1) is 0 Å². The highest BCUT2D eigenvalue weighted by Crippen LogP contribution is 2.25. The van der Waals surface area contributed by atoms with Crippen molar-refractivity contribution in [3.63, 3.8) is 0 Å². The molecule has 2 aliphatic heterocycles. The van der Waals surface area contributed by atoms with Gasteiger partial charge in [0.2, 0.25) is 0 Å². The standard InChI is InChI=1S/C15H15N3O2.C11H24N2O.C5H12O.C2H6/c1-9-2-10(8-19)4-11-5-14-12(6-17-18-14)15(20)7-16-13(11)3-9;1-3-12-7-9-13(10-8-12)6-4-5-11-14-2;1-3-4-5-6-2;1-2/h2-4,6,8-9,16H,5,7H2,1H3,(H,17,18);3-11H2,1-2H3;3-5H2,1-2H3;1-2H3. The van der Waals surface area contributed by atoms with Gasteiger partial charge in [-0.3, -0.25) is 14.7 Å². The molecule has 4 rings (SSSR count). The Morgan fingerprint density at radius 2 is 1.67 bits per heavy atom. The molecule has 1 unspecified atom stereocenters. The lowest BCUT2D eigenvalue weighted by atomic mass is 9.98. The highest BCUT2D eigenvalue weighted by molar-refractivity contribution is 5.99. The van der Waals surface area contributed by atoms with Crippen LogP contribution in [0.5, 0.6) is 0 Å². The van der Waals surface area contributed by atoms with E-state index in [4.69, 9.17) is 9.47 Å². The molecule has 238 valence electrons. The number of aromatic amines is 1. The van der Waals surface area contributed by atoms with Crippen LogP contribution in [0, 0.1) is 5.92 Å². The number of H-pyrrole nitrogens is 1. The molecule has 3 heterocycles. The molecule has 1 saturated heterocycles. The first-order valence-corrected chi connectivity index (χ1v) is 15.8. The number of nitrogens with one attached hydrogen (secondary N) is 2. The number of fused-ring (bicyclic) bond motifs is 2. The molecule has 42 heavy (non-hydrogen) atoms. The van der Waals surface area contributed by atoms with E-state index in [0.29, 0.717) is 17.6 Å². The maximum Gasteiger partial charge on any atom is 0.185 e. The Balaban J connectivity index is 0.000000349. The van der Waals surface area contributed by atoms with Crippen LogP contribution in [-0.2, 0) is 20.7 Å². The number of carbonyl (C=O) groups is 2. The Morgan fingerprint density at radius 1 is 1.00 bits per heavy atom. The van der Waals surface area contributed by atoms with Crippen molar-refractivity contribution < 1.29 is 19.1 Å². The molecule has 0 amide bonds. The van der Waals surface area contributed by atoms with Crippen LogP contribution in [-0.4, -0.2) is 105 Å². The lowest BCUT2D eigenvalue weighted by Crippen LogP contribution is -2.46. The summed E-state index contributed by atoms with van der Waals surface area (Å²) in [6.07, 6.45) is 13.7. The maximum atomic E-state index is 12.0. The molecule has 0 radical (unpaired) electrons. The van der Waals surface area contributed by atoms with Gasteiger partial charge in [0.25, 0.3) is 0 Å².